The molecule has 1 saturated heterocycles. The highest BCUT2D eigenvalue weighted by molar-refractivity contribution is 5.89. The summed E-state index contributed by atoms with van der Waals surface area (Å²) in [5.74, 6) is 0. The number of rotatable bonds is 3. The van der Waals surface area contributed by atoms with E-state index in [1.807, 2.05) is 51.1 Å². The Bertz CT molecular complexity index is 554. The highest BCUT2D eigenvalue weighted by Gasteiger charge is 2.30. The third-order valence-electron chi connectivity index (χ3n) is 3.79. The number of para-hydroxylation sites is 1. The van der Waals surface area contributed by atoms with Crippen molar-refractivity contribution >= 4 is 17.8 Å². The molecule has 1 aliphatic heterocycles. The summed E-state index contributed by atoms with van der Waals surface area (Å²) in [4.78, 5) is 26.1. The number of ether oxygens (including phenoxy) is 1. The number of benzene rings is 1. The predicted octanol–water partition coefficient (Wildman–Crippen LogP) is 3.60. The minimum atomic E-state index is -0.517. The summed E-state index contributed by atoms with van der Waals surface area (Å²) >= 11 is 0. The maximum Gasteiger partial charge on any atom is 0.410 e. The van der Waals surface area contributed by atoms with E-state index in [2.05, 4.69) is 10.6 Å². The fourth-order valence-corrected chi connectivity index (χ4v) is 2.68. The largest absolute Gasteiger partial charge is 0.444 e. The van der Waals surface area contributed by atoms with Crippen LogP contribution < -0.4 is 10.6 Å². The van der Waals surface area contributed by atoms with Gasteiger partial charge in [0.2, 0.25) is 0 Å². The van der Waals surface area contributed by atoms with E-state index >= 15 is 0 Å². The second kappa shape index (κ2) is 8.04. The maximum absolute atomic E-state index is 12.3. The lowest BCUT2D eigenvalue weighted by Crippen LogP contribution is -2.51. The lowest BCUT2D eigenvalue weighted by molar-refractivity contribution is 0.0102. The number of nitrogens with one attached hydrogen (secondary N) is 2. The molecule has 3 amide bonds. The van der Waals surface area contributed by atoms with Gasteiger partial charge in [0.1, 0.15) is 5.60 Å². The number of carbonyl (C=O) groups excluding carboxylic acids is 2. The quantitative estimate of drug-likeness (QED) is 0.888. The van der Waals surface area contributed by atoms with Gasteiger partial charge in [0.05, 0.1) is 6.04 Å². The molecule has 0 radical (unpaired) electrons. The van der Waals surface area contributed by atoms with Crippen LogP contribution in [0.25, 0.3) is 0 Å². The van der Waals surface area contributed by atoms with Crippen molar-refractivity contribution in [1.82, 2.24) is 10.2 Å². The van der Waals surface area contributed by atoms with Gasteiger partial charge in [-0.25, -0.2) is 9.59 Å². The molecule has 1 fully saturated rings. The normalized spacial score (nSPS) is 18.0. The second-order valence-electron chi connectivity index (χ2n) is 7.02. The molecule has 1 unspecified atom stereocenters. The molecule has 132 valence electrons. The second-order valence-corrected chi connectivity index (χ2v) is 7.02. The van der Waals surface area contributed by atoms with Gasteiger partial charge >= 0.3 is 12.1 Å². The zero-order chi connectivity index (χ0) is 17.6. The Kier molecular flexibility index (Phi) is 6.06. The van der Waals surface area contributed by atoms with Crippen molar-refractivity contribution in [3.05, 3.63) is 30.3 Å². The maximum atomic E-state index is 12.3. The lowest BCUT2D eigenvalue weighted by atomic mass is 10.0. The molecule has 1 aliphatic rings. The first-order valence-corrected chi connectivity index (χ1v) is 8.45. The Labute approximate surface area is 143 Å². The molecule has 1 atom stereocenters. The molecule has 1 heterocycles. The Morgan fingerprint density at radius 3 is 2.58 bits per heavy atom. The number of carbonyl (C=O) groups is 2. The SMILES string of the molecule is CC(C)(C)OC(=O)N1CCCCC1CNC(=O)Nc1ccccc1. The fourth-order valence-electron chi connectivity index (χ4n) is 2.68. The summed E-state index contributed by atoms with van der Waals surface area (Å²) in [6.07, 6.45) is 2.57. The van der Waals surface area contributed by atoms with Crippen molar-refractivity contribution in [2.24, 2.45) is 0 Å². The number of amides is 3. The summed E-state index contributed by atoms with van der Waals surface area (Å²) in [6.45, 7) is 6.65. The number of piperidine rings is 1. The number of hydrogen-bond acceptors (Lipinski definition) is 3. The van der Waals surface area contributed by atoms with Gasteiger partial charge in [-0.15, -0.1) is 0 Å². The van der Waals surface area contributed by atoms with Gasteiger partial charge in [-0.3, -0.25) is 0 Å². The molecular formula is C18H27N3O3. The van der Waals surface area contributed by atoms with Crippen LogP contribution in [0, 0.1) is 0 Å². The number of urea groups is 1. The lowest BCUT2D eigenvalue weighted by Gasteiger charge is -2.36. The van der Waals surface area contributed by atoms with Crippen LogP contribution in [0.3, 0.4) is 0 Å². The summed E-state index contributed by atoms with van der Waals surface area (Å²) in [7, 11) is 0. The molecule has 0 bridgehead atoms. The van der Waals surface area contributed by atoms with Crippen molar-refractivity contribution in [1.29, 1.82) is 0 Å². The van der Waals surface area contributed by atoms with E-state index in [1.165, 1.54) is 0 Å². The molecule has 24 heavy (non-hydrogen) atoms. The van der Waals surface area contributed by atoms with Gasteiger partial charge < -0.3 is 20.3 Å². The molecular weight excluding hydrogens is 306 g/mol. The monoisotopic (exact) mass is 333 g/mol. The van der Waals surface area contributed by atoms with E-state index in [0.717, 1.165) is 24.9 Å². The predicted molar refractivity (Wildman–Crippen MR) is 94.0 cm³/mol. The standard InChI is InChI=1S/C18H27N3O3/c1-18(2,3)24-17(23)21-12-8-7-11-15(21)13-19-16(22)20-14-9-5-4-6-10-14/h4-6,9-10,15H,7-8,11-13H2,1-3H3,(H2,19,20,22). The zero-order valence-electron chi connectivity index (χ0n) is 14.7. The minimum Gasteiger partial charge on any atom is -0.444 e. The summed E-state index contributed by atoms with van der Waals surface area (Å²) in [6, 6.07) is 8.97. The van der Waals surface area contributed by atoms with Crippen molar-refractivity contribution < 1.29 is 14.3 Å². The topological polar surface area (TPSA) is 70.7 Å². The Balaban J connectivity index is 1.86. The molecule has 1 aromatic carbocycles. The van der Waals surface area contributed by atoms with Gasteiger partial charge in [0.15, 0.2) is 0 Å². The van der Waals surface area contributed by atoms with E-state index in [0.29, 0.717) is 13.1 Å². The molecule has 6 heteroatoms. The molecule has 6 nitrogen and oxygen atoms in total. The first-order chi connectivity index (χ1) is 11.3. The van der Waals surface area contributed by atoms with Crippen molar-refractivity contribution in [3.8, 4) is 0 Å². The average Bonchev–Trinajstić information content (AvgIpc) is 2.52. The van der Waals surface area contributed by atoms with E-state index in [-0.39, 0.29) is 18.2 Å². The van der Waals surface area contributed by atoms with E-state index in [4.69, 9.17) is 4.74 Å². The number of anilines is 1. The Hall–Kier alpha value is -2.24. The van der Waals surface area contributed by atoms with Gasteiger partial charge in [0, 0.05) is 18.8 Å². The molecule has 0 saturated carbocycles. The Morgan fingerprint density at radius 1 is 1.21 bits per heavy atom. The summed E-state index contributed by atoms with van der Waals surface area (Å²) in [5.41, 5.74) is 0.222. The van der Waals surface area contributed by atoms with Crippen LogP contribution in [-0.4, -0.2) is 41.8 Å². The Morgan fingerprint density at radius 2 is 1.92 bits per heavy atom. The summed E-state index contributed by atoms with van der Waals surface area (Å²) < 4.78 is 5.47. The van der Waals surface area contributed by atoms with Crippen LogP contribution in [0.2, 0.25) is 0 Å². The first-order valence-electron chi connectivity index (χ1n) is 8.45. The molecule has 0 aromatic heterocycles. The highest BCUT2D eigenvalue weighted by Crippen LogP contribution is 2.20. The van der Waals surface area contributed by atoms with Crippen LogP contribution in [0.1, 0.15) is 40.0 Å². The molecule has 2 rings (SSSR count). The van der Waals surface area contributed by atoms with Crippen LogP contribution in [-0.2, 0) is 4.74 Å². The number of hydrogen-bond donors (Lipinski definition) is 2. The van der Waals surface area contributed by atoms with Crippen molar-refractivity contribution in [2.75, 3.05) is 18.4 Å². The molecule has 0 aliphatic carbocycles. The van der Waals surface area contributed by atoms with E-state index in [1.54, 1.807) is 4.90 Å². The van der Waals surface area contributed by atoms with Crippen molar-refractivity contribution in [3.63, 3.8) is 0 Å². The smallest absolute Gasteiger partial charge is 0.410 e. The van der Waals surface area contributed by atoms with Crippen LogP contribution >= 0.6 is 0 Å². The van der Waals surface area contributed by atoms with Crippen LogP contribution in [0.15, 0.2) is 30.3 Å². The third-order valence-corrected chi connectivity index (χ3v) is 3.79. The third kappa shape index (κ3) is 5.76. The van der Waals surface area contributed by atoms with Gasteiger partial charge in [-0.05, 0) is 52.2 Å². The highest BCUT2D eigenvalue weighted by atomic mass is 16.6. The molecule has 2 N–H and O–H groups in total. The zero-order valence-corrected chi connectivity index (χ0v) is 14.7. The molecule has 0 spiro atoms. The number of likely N-dealkylation sites (tertiary alicyclic amines) is 1. The van der Waals surface area contributed by atoms with Gasteiger partial charge in [-0.2, -0.15) is 0 Å². The minimum absolute atomic E-state index is 0.0323. The molecule has 1 aromatic rings. The average molecular weight is 333 g/mol. The van der Waals surface area contributed by atoms with Gasteiger partial charge in [0.25, 0.3) is 0 Å². The van der Waals surface area contributed by atoms with Crippen molar-refractivity contribution in [2.45, 2.75) is 51.7 Å². The fraction of sp³-hybridized carbons (Fsp3) is 0.556. The summed E-state index contributed by atoms with van der Waals surface area (Å²) in [5, 5.41) is 5.63. The van der Waals surface area contributed by atoms with Crippen LogP contribution in [0.4, 0.5) is 15.3 Å². The first kappa shape index (κ1) is 18.1. The van der Waals surface area contributed by atoms with E-state index in [9.17, 15) is 9.59 Å². The van der Waals surface area contributed by atoms with Gasteiger partial charge in [-0.1, -0.05) is 18.2 Å². The van der Waals surface area contributed by atoms with Crippen LogP contribution in [0.5, 0.6) is 0 Å². The number of nitrogens with zero attached hydrogens (tertiary/aromatic N) is 1. The van der Waals surface area contributed by atoms with E-state index < -0.39 is 5.60 Å².